The van der Waals surface area contributed by atoms with E-state index in [-0.39, 0.29) is 23.5 Å². The first-order chi connectivity index (χ1) is 8.08. The van der Waals surface area contributed by atoms with Crippen molar-refractivity contribution in [1.29, 1.82) is 0 Å². The molecule has 1 heterocycles. The van der Waals surface area contributed by atoms with E-state index in [1.807, 2.05) is 19.9 Å². The Morgan fingerprint density at radius 3 is 2.76 bits per heavy atom. The van der Waals surface area contributed by atoms with Gasteiger partial charge in [0.2, 0.25) is 5.91 Å². The fourth-order valence-electron chi connectivity index (χ4n) is 2.28. The molecule has 0 spiro atoms. The van der Waals surface area contributed by atoms with Crippen LogP contribution in [0.25, 0.3) is 0 Å². The molecule has 17 heavy (non-hydrogen) atoms. The number of hydrogen-bond donors (Lipinski definition) is 1. The summed E-state index contributed by atoms with van der Waals surface area (Å²) in [5, 5.41) is 2.79. The lowest BCUT2D eigenvalue weighted by atomic mass is 9.93. The lowest BCUT2D eigenvalue weighted by Crippen LogP contribution is -2.11. The summed E-state index contributed by atoms with van der Waals surface area (Å²) >= 11 is 5.58. The van der Waals surface area contributed by atoms with E-state index in [0.29, 0.717) is 11.3 Å². The van der Waals surface area contributed by atoms with Gasteiger partial charge in [-0.2, -0.15) is 0 Å². The Morgan fingerprint density at radius 1 is 1.47 bits per heavy atom. The molecule has 1 atom stereocenters. The van der Waals surface area contributed by atoms with Gasteiger partial charge in [0.25, 0.3) is 0 Å². The maximum absolute atomic E-state index is 11.8. The maximum atomic E-state index is 11.8. The Kier molecular flexibility index (Phi) is 3.20. The van der Waals surface area contributed by atoms with E-state index in [2.05, 4.69) is 5.32 Å². The van der Waals surface area contributed by atoms with Gasteiger partial charge in [-0.1, -0.05) is 13.0 Å². The normalized spacial score (nSPS) is 17.8. The number of amides is 1. The van der Waals surface area contributed by atoms with Gasteiger partial charge in [-0.05, 0) is 30.5 Å². The number of fused-ring (bicyclic) bond motifs is 1. The molecule has 4 heteroatoms. The second-order valence-corrected chi connectivity index (χ2v) is 4.55. The highest BCUT2D eigenvalue weighted by Crippen LogP contribution is 2.38. The van der Waals surface area contributed by atoms with Gasteiger partial charge in [0.05, 0.1) is 17.5 Å². The Balaban J connectivity index is 2.59. The number of carbonyl (C=O) groups excluding carboxylic acids is 2. The Hall–Kier alpha value is -1.35. The number of rotatable bonds is 3. The Morgan fingerprint density at radius 2 is 2.18 bits per heavy atom. The van der Waals surface area contributed by atoms with Crippen LogP contribution in [0.2, 0.25) is 0 Å². The summed E-state index contributed by atoms with van der Waals surface area (Å²) in [6.45, 7) is 3.88. The number of ketones is 1. The number of Topliss-reactive ketones (excluding diaryl/α,β-unsaturated/α-hetero) is 1. The third kappa shape index (κ3) is 1.95. The van der Waals surface area contributed by atoms with E-state index in [4.69, 9.17) is 11.6 Å². The Labute approximate surface area is 105 Å². The average molecular weight is 252 g/mol. The molecule has 0 fully saturated rings. The first-order valence-corrected chi connectivity index (χ1v) is 6.16. The fourth-order valence-corrected chi connectivity index (χ4v) is 2.42. The van der Waals surface area contributed by atoms with Crippen LogP contribution in [0.5, 0.6) is 0 Å². The summed E-state index contributed by atoms with van der Waals surface area (Å²) in [5.74, 6) is -0.394. The van der Waals surface area contributed by atoms with Crippen LogP contribution in [0.3, 0.4) is 0 Å². The van der Waals surface area contributed by atoms with Gasteiger partial charge in [-0.15, -0.1) is 11.6 Å². The van der Waals surface area contributed by atoms with Crippen LogP contribution < -0.4 is 5.32 Å². The molecule has 0 aliphatic carbocycles. The molecule has 0 radical (unpaired) electrons. The van der Waals surface area contributed by atoms with E-state index in [9.17, 15) is 9.59 Å². The Bertz CT molecular complexity index is 496. The maximum Gasteiger partial charge on any atom is 0.232 e. The predicted octanol–water partition coefficient (Wildman–Crippen LogP) is 2.86. The zero-order chi connectivity index (χ0) is 12.6. The van der Waals surface area contributed by atoms with Crippen LogP contribution in [0.1, 0.15) is 40.7 Å². The number of benzene rings is 1. The number of anilines is 1. The first-order valence-electron chi connectivity index (χ1n) is 5.63. The predicted molar refractivity (Wildman–Crippen MR) is 67.9 cm³/mol. The first kappa shape index (κ1) is 12.1. The molecule has 1 aromatic carbocycles. The molecule has 2 rings (SSSR count). The summed E-state index contributed by atoms with van der Waals surface area (Å²) in [4.78, 5) is 23.5. The van der Waals surface area contributed by atoms with Gasteiger partial charge in [0.1, 0.15) is 0 Å². The minimum absolute atomic E-state index is 0.0308. The molecule has 1 N–H and O–H groups in total. The third-order valence-corrected chi connectivity index (χ3v) is 3.33. The summed E-state index contributed by atoms with van der Waals surface area (Å²) in [6.07, 6.45) is 0.733. The minimum atomic E-state index is -0.149. The van der Waals surface area contributed by atoms with Crippen molar-refractivity contribution < 1.29 is 9.59 Å². The van der Waals surface area contributed by atoms with E-state index in [0.717, 1.165) is 17.5 Å². The second-order valence-electron chi connectivity index (χ2n) is 4.28. The van der Waals surface area contributed by atoms with Crippen molar-refractivity contribution in [3.05, 3.63) is 28.8 Å². The van der Waals surface area contributed by atoms with Gasteiger partial charge in [0.15, 0.2) is 5.78 Å². The number of carbonyl (C=O) groups is 2. The van der Waals surface area contributed by atoms with E-state index in [1.165, 1.54) is 0 Å². The highest BCUT2D eigenvalue weighted by atomic mass is 35.5. The van der Waals surface area contributed by atoms with Gasteiger partial charge >= 0.3 is 0 Å². The van der Waals surface area contributed by atoms with E-state index in [1.54, 1.807) is 6.07 Å². The summed E-state index contributed by atoms with van der Waals surface area (Å²) < 4.78 is 0. The van der Waals surface area contributed by atoms with Crippen molar-refractivity contribution >= 4 is 29.0 Å². The van der Waals surface area contributed by atoms with Crippen LogP contribution in [0.15, 0.2) is 12.1 Å². The fraction of sp³-hybridized carbons (Fsp3) is 0.385. The molecule has 0 bridgehead atoms. The van der Waals surface area contributed by atoms with E-state index < -0.39 is 0 Å². The molecular weight excluding hydrogens is 238 g/mol. The molecule has 90 valence electrons. The number of hydrogen-bond acceptors (Lipinski definition) is 2. The smallest absolute Gasteiger partial charge is 0.232 e. The van der Waals surface area contributed by atoms with Gasteiger partial charge in [-0.3, -0.25) is 9.59 Å². The second kappa shape index (κ2) is 4.49. The van der Waals surface area contributed by atoms with Crippen molar-refractivity contribution in [1.82, 2.24) is 0 Å². The van der Waals surface area contributed by atoms with Crippen molar-refractivity contribution in [2.24, 2.45) is 0 Å². The van der Waals surface area contributed by atoms with Crippen molar-refractivity contribution in [2.75, 3.05) is 11.2 Å². The highest BCUT2D eigenvalue weighted by molar-refractivity contribution is 6.31. The quantitative estimate of drug-likeness (QED) is 0.663. The zero-order valence-electron chi connectivity index (χ0n) is 9.84. The molecule has 0 aromatic heterocycles. The standard InChI is InChI=1S/C13H14ClNO2/c1-3-8-9-4-7(2)5-10(11(16)6-14)12(9)15-13(8)17/h4-5,8H,3,6H2,1-2H3,(H,15,17). The van der Waals surface area contributed by atoms with Crippen molar-refractivity contribution in [2.45, 2.75) is 26.2 Å². The third-order valence-electron chi connectivity index (χ3n) is 3.08. The molecule has 0 saturated heterocycles. The number of halogens is 1. The molecule has 1 aromatic rings. The summed E-state index contributed by atoms with van der Waals surface area (Å²) in [5.41, 5.74) is 3.08. The van der Waals surface area contributed by atoms with Crippen molar-refractivity contribution in [3.63, 3.8) is 0 Å². The lowest BCUT2D eigenvalue weighted by Gasteiger charge is -2.09. The highest BCUT2D eigenvalue weighted by Gasteiger charge is 2.32. The molecule has 0 saturated carbocycles. The van der Waals surface area contributed by atoms with Crippen molar-refractivity contribution in [3.8, 4) is 0 Å². The van der Waals surface area contributed by atoms with Gasteiger partial charge < -0.3 is 5.32 Å². The monoisotopic (exact) mass is 251 g/mol. The van der Waals surface area contributed by atoms with Crippen LogP contribution in [-0.4, -0.2) is 17.6 Å². The minimum Gasteiger partial charge on any atom is -0.325 e. The van der Waals surface area contributed by atoms with Gasteiger partial charge in [-0.25, -0.2) is 0 Å². The van der Waals surface area contributed by atoms with Crippen LogP contribution in [0.4, 0.5) is 5.69 Å². The molecule has 3 nitrogen and oxygen atoms in total. The molecule has 1 amide bonds. The molecule has 1 unspecified atom stereocenters. The number of aryl methyl sites for hydroxylation is 1. The van der Waals surface area contributed by atoms with Crippen LogP contribution >= 0.6 is 11.6 Å². The average Bonchev–Trinajstić information content (AvgIpc) is 2.62. The summed E-state index contributed by atoms with van der Waals surface area (Å²) in [7, 11) is 0. The topological polar surface area (TPSA) is 46.2 Å². The van der Waals surface area contributed by atoms with Crippen LogP contribution in [0, 0.1) is 6.92 Å². The molecule has 1 aliphatic heterocycles. The van der Waals surface area contributed by atoms with Gasteiger partial charge in [0, 0.05) is 5.56 Å². The largest absolute Gasteiger partial charge is 0.325 e. The number of alkyl halides is 1. The number of nitrogens with one attached hydrogen (secondary N) is 1. The zero-order valence-corrected chi connectivity index (χ0v) is 10.6. The lowest BCUT2D eigenvalue weighted by molar-refractivity contribution is -0.117. The molecule has 1 aliphatic rings. The SMILES string of the molecule is CCC1C(=O)Nc2c(C(=O)CCl)cc(C)cc21. The van der Waals surface area contributed by atoms with E-state index >= 15 is 0 Å². The summed E-state index contributed by atoms with van der Waals surface area (Å²) in [6, 6.07) is 3.74. The molecular formula is C13H14ClNO2. The van der Waals surface area contributed by atoms with Crippen LogP contribution in [-0.2, 0) is 4.79 Å².